The maximum absolute atomic E-state index is 14.8. The number of anilines is 1. The van der Waals surface area contributed by atoms with E-state index in [1.165, 1.54) is 6.20 Å². The fourth-order valence-corrected chi connectivity index (χ4v) is 3.08. The minimum absolute atomic E-state index is 0.0640. The summed E-state index contributed by atoms with van der Waals surface area (Å²) in [5.41, 5.74) is -1.01. The van der Waals surface area contributed by atoms with Gasteiger partial charge in [0.15, 0.2) is 11.6 Å². The lowest BCUT2D eigenvalue weighted by atomic mass is 10.1. The van der Waals surface area contributed by atoms with E-state index in [1.54, 1.807) is 18.5 Å². The third kappa shape index (κ3) is 2.70. The van der Waals surface area contributed by atoms with Gasteiger partial charge in [0.05, 0.1) is 16.9 Å². The number of amides is 1. The molecule has 1 aliphatic heterocycles. The highest BCUT2D eigenvalue weighted by Gasteiger charge is 2.29. The summed E-state index contributed by atoms with van der Waals surface area (Å²) >= 11 is 0. The van der Waals surface area contributed by atoms with Crippen molar-refractivity contribution in [3.8, 4) is 5.75 Å². The van der Waals surface area contributed by atoms with Gasteiger partial charge >= 0.3 is 5.97 Å². The van der Waals surface area contributed by atoms with Crippen LogP contribution in [0.3, 0.4) is 0 Å². The molecule has 0 radical (unpaired) electrons. The molecule has 3 rings (SSSR count). The molecule has 8 nitrogen and oxygen atoms in total. The molecule has 1 atom stereocenters. The molecule has 0 spiro atoms. The Balaban J connectivity index is 2.37. The number of likely N-dealkylation sites (N-methyl/N-ethyl adjacent to an activating group) is 1. The second-order valence-electron chi connectivity index (χ2n) is 6.08. The second-order valence-corrected chi connectivity index (χ2v) is 6.08. The number of hydrogen-bond acceptors (Lipinski definition) is 5. The fraction of sp³-hybridized carbons (Fsp3) is 0.353. The largest absolute Gasteiger partial charge is 0.487 e. The van der Waals surface area contributed by atoms with Gasteiger partial charge in [0.2, 0.25) is 11.8 Å². The minimum atomic E-state index is -1.38. The van der Waals surface area contributed by atoms with E-state index >= 15 is 0 Å². The first-order valence-electron chi connectivity index (χ1n) is 8.04. The number of halogens is 1. The van der Waals surface area contributed by atoms with Gasteiger partial charge in [-0.15, -0.1) is 0 Å². The monoisotopic (exact) mass is 363 g/mol. The van der Waals surface area contributed by atoms with Crippen molar-refractivity contribution in [2.45, 2.75) is 13.0 Å². The summed E-state index contributed by atoms with van der Waals surface area (Å²) in [5.74, 6) is -2.14. The lowest BCUT2D eigenvalue weighted by Crippen LogP contribution is -2.32. The Labute approximate surface area is 147 Å². The highest BCUT2D eigenvalue weighted by molar-refractivity contribution is 5.98. The second kappa shape index (κ2) is 6.75. The van der Waals surface area contributed by atoms with E-state index in [-0.39, 0.29) is 41.5 Å². The minimum Gasteiger partial charge on any atom is -0.487 e. The van der Waals surface area contributed by atoms with Crippen LogP contribution in [0.15, 0.2) is 17.1 Å². The maximum atomic E-state index is 14.8. The number of carboxylic acid groups (broad SMARTS) is 1. The van der Waals surface area contributed by atoms with E-state index in [2.05, 4.69) is 5.32 Å². The smallest absolute Gasteiger partial charge is 0.341 e. The molecule has 0 aliphatic carbocycles. The molecule has 0 saturated heterocycles. The van der Waals surface area contributed by atoms with Crippen molar-refractivity contribution in [2.24, 2.45) is 0 Å². The first kappa shape index (κ1) is 17.9. The van der Waals surface area contributed by atoms with Crippen LogP contribution >= 0.6 is 0 Å². The molecule has 0 unspecified atom stereocenters. The fourth-order valence-electron chi connectivity index (χ4n) is 3.08. The van der Waals surface area contributed by atoms with Crippen LogP contribution in [0.1, 0.15) is 23.3 Å². The summed E-state index contributed by atoms with van der Waals surface area (Å²) in [4.78, 5) is 36.5. The number of carbonyl (C=O) groups excluding carboxylic acids is 1. The van der Waals surface area contributed by atoms with Gasteiger partial charge in [-0.3, -0.25) is 9.59 Å². The predicted molar refractivity (Wildman–Crippen MR) is 92.7 cm³/mol. The summed E-state index contributed by atoms with van der Waals surface area (Å²) in [6, 6.07) is 0.709. The van der Waals surface area contributed by atoms with Crippen LogP contribution in [0.2, 0.25) is 0 Å². The molecule has 138 valence electrons. The summed E-state index contributed by atoms with van der Waals surface area (Å²) < 4.78 is 22.1. The van der Waals surface area contributed by atoms with Crippen LogP contribution in [0.5, 0.6) is 5.75 Å². The summed E-state index contributed by atoms with van der Waals surface area (Å²) in [5, 5.41) is 12.0. The number of aromatic carboxylic acids is 1. The van der Waals surface area contributed by atoms with Crippen LogP contribution < -0.4 is 20.4 Å². The first-order valence-corrected chi connectivity index (χ1v) is 8.04. The third-order valence-corrected chi connectivity index (χ3v) is 4.39. The average molecular weight is 363 g/mol. The van der Waals surface area contributed by atoms with E-state index in [0.29, 0.717) is 13.0 Å². The molecule has 1 aromatic heterocycles. The Hall–Kier alpha value is -2.94. The van der Waals surface area contributed by atoms with Crippen molar-refractivity contribution in [3.63, 3.8) is 0 Å². The number of hydrogen-bond donors (Lipinski definition) is 2. The molecule has 2 heterocycles. The molecular weight excluding hydrogens is 345 g/mol. The summed E-state index contributed by atoms with van der Waals surface area (Å²) in [6.45, 7) is 2.57. The Bertz CT molecular complexity index is 956. The topological polar surface area (TPSA) is 101 Å². The Morgan fingerprint density at radius 3 is 2.92 bits per heavy atom. The lowest BCUT2D eigenvalue weighted by molar-refractivity contribution is -0.107. The van der Waals surface area contributed by atoms with Crippen LogP contribution in [0.25, 0.3) is 10.9 Å². The standard InChI is InChI=1S/C17H18FN3O5/c1-9-7-26-16-13-10(15(23)11(17(24)25)6-21(9)13)5-12(18)14(16)20(8-22)4-3-19-2/h5-6,8-9,19H,3-4,7H2,1-2H3,(H,24,25)/t9-/m0/s1. The van der Waals surface area contributed by atoms with Gasteiger partial charge in [0, 0.05) is 19.3 Å². The van der Waals surface area contributed by atoms with Crippen LogP contribution in [-0.4, -0.2) is 48.8 Å². The zero-order valence-electron chi connectivity index (χ0n) is 14.3. The highest BCUT2D eigenvalue weighted by Crippen LogP contribution is 2.41. The number of nitrogens with one attached hydrogen (secondary N) is 1. The molecule has 0 fully saturated rings. The van der Waals surface area contributed by atoms with Crippen LogP contribution in [0.4, 0.5) is 10.1 Å². The van der Waals surface area contributed by atoms with Crippen molar-refractivity contribution < 1.29 is 23.8 Å². The number of carbonyl (C=O) groups is 2. The normalized spacial score (nSPS) is 15.6. The molecule has 9 heteroatoms. The van der Waals surface area contributed by atoms with Gasteiger partial charge in [-0.05, 0) is 20.0 Å². The molecule has 2 N–H and O–H groups in total. The average Bonchev–Trinajstić information content (AvgIpc) is 2.61. The maximum Gasteiger partial charge on any atom is 0.341 e. The number of carboxylic acids is 1. The molecule has 0 bridgehead atoms. The van der Waals surface area contributed by atoms with E-state index in [0.717, 1.165) is 11.0 Å². The first-order chi connectivity index (χ1) is 12.4. The summed E-state index contributed by atoms with van der Waals surface area (Å²) in [6.07, 6.45) is 1.73. The van der Waals surface area contributed by atoms with Gasteiger partial charge in [0.1, 0.15) is 17.9 Å². The van der Waals surface area contributed by atoms with Crippen LogP contribution in [0, 0.1) is 5.82 Å². The predicted octanol–water partition coefficient (Wildman–Crippen LogP) is 0.974. The molecule has 0 saturated carbocycles. The molecule has 1 aliphatic rings. The SMILES string of the molecule is CNCCN(C=O)c1c(F)cc2c(=O)c(C(=O)O)cn3c2c1OC[C@@H]3C. The van der Waals surface area contributed by atoms with Gasteiger partial charge in [-0.1, -0.05) is 0 Å². The number of nitrogens with zero attached hydrogens (tertiary/aromatic N) is 2. The summed E-state index contributed by atoms with van der Waals surface area (Å²) in [7, 11) is 1.70. The Morgan fingerprint density at radius 1 is 1.58 bits per heavy atom. The van der Waals surface area contributed by atoms with E-state index < -0.39 is 22.8 Å². The van der Waals surface area contributed by atoms with Gasteiger partial charge in [-0.2, -0.15) is 0 Å². The van der Waals surface area contributed by atoms with Gasteiger partial charge in [-0.25, -0.2) is 9.18 Å². The van der Waals surface area contributed by atoms with Gasteiger partial charge in [0.25, 0.3) is 0 Å². The molecule has 1 amide bonds. The third-order valence-electron chi connectivity index (χ3n) is 4.39. The number of ether oxygens (including phenoxy) is 1. The number of benzene rings is 1. The number of aromatic nitrogens is 1. The Morgan fingerprint density at radius 2 is 2.31 bits per heavy atom. The van der Waals surface area contributed by atoms with E-state index in [9.17, 15) is 23.9 Å². The van der Waals surface area contributed by atoms with Gasteiger partial charge < -0.3 is 24.6 Å². The van der Waals surface area contributed by atoms with Crippen molar-refractivity contribution in [1.82, 2.24) is 9.88 Å². The van der Waals surface area contributed by atoms with Crippen molar-refractivity contribution in [1.29, 1.82) is 0 Å². The number of pyridine rings is 1. The molecular formula is C17H18FN3O5. The Kier molecular flexibility index (Phi) is 4.64. The van der Waals surface area contributed by atoms with Crippen molar-refractivity contribution >= 4 is 29.0 Å². The quantitative estimate of drug-likeness (QED) is 0.742. The molecule has 26 heavy (non-hydrogen) atoms. The van der Waals surface area contributed by atoms with Crippen molar-refractivity contribution in [3.05, 3.63) is 33.9 Å². The van der Waals surface area contributed by atoms with E-state index in [1.807, 2.05) is 0 Å². The zero-order chi connectivity index (χ0) is 19.0. The highest BCUT2D eigenvalue weighted by atomic mass is 19.1. The zero-order valence-corrected chi connectivity index (χ0v) is 14.3. The van der Waals surface area contributed by atoms with Crippen molar-refractivity contribution in [2.75, 3.05) is 31.6 Å². The number of rotatable bonds is 6. The lowest BCUT2D eigenvalue weighted by Gasteiger charge is -2.30. The van der Waals surface area contributed by atoms with E-state index in [4.69, 9.17) is 4.74 Å². The molecule has 1 aromatic carbocycles. The van der Waals surface area contributed by atoms with Crippen LogP contribution in [-0.2, 0) is 4.79 Å². The molecule has 2 aromatic rings.